The number of halogens is 1. The molecule has 0 aliphatic rings. The Morgan fingerprint density at radius 1 is 1.20 bits per heavy atom. The molecule has 4 heteroatoms. The number of anilines is 1. The number of benzene rings is 2. The highest BCUT2D eigenvalue weighted by Crippen LogP contribution is 2.10. The van der Waals surface area contributed by atoms with Gasteiger partial charge in [-0.2, -0.15) is 0 Å². The number of carbonyl (C=O) groups excluding carboxylic acids is 1. The summed E-state index contributed by atoms with van der Waals surface area (Å²) >= 11 is 0. The van der Waals surface area contributed by atoms with E-state index in [-0.39, 0.29) is 18.3 Å². The normalized spacial score (nSPS) is 10.7. The third-order valence-corrected chi connectivity index (χ3v) is 2.68. The van der Waals surface area contributed by atoms with E-state index in [4.69, 9.17) is 5.11 Å². The number of rotatable bonds is 4. The third kappa shape index (κ3) is 4.03. The highest BCUT2D eigenvalue weighted by Gasteiger charge is 1.98. The molecule has 0 aromatic heterocycles. The molecule has 0 heterocycles. The van der Waals surface area contributed by atoms with Crippen molar-refractivity contribution in [2.24, 2.45) is 0 Å². The molecule has 0 radical (unpaired) electrons. The molecule has 0 atom stereocenters. The molecule has 3 nitrogen and oxygen atoms in total. The fourth-order valence-corrected chi connectivity index (χ4v) is 1.66. The molecule has 0 saturated heterocycles. The van der Waals surface area contributed by atoms with Gasteiger partial charge < -0.3 is 10.4 Å². The van der Waals surface area contributed by atoms with Crippen molar-refractivity contribution >= 4 is 17.7 Å². The van der Waals surface area contributed by atoms with Gasteiger partial charge in [-0.3, -0.25) is 4.79 Å². The Hall–Kier alpha value is -2.46. The molecule has 0 aliphatic heterocycles. The summed E-state index contributed by atoms with van der Waals surface area (Å²) in [4.78, 5) is 11.7. The largest absolute Gasteiger partial charge is 0.392 e. The van der Waals surface area contributed by atoms with Gasteiger partial charge in [-0.05, 0) is 41.5 Å². The van der Waals surface area contributed by atoms with Crippen LogP contribution in [0.4, 0.5) is 10.1 Å². The van der Waals surface area contributed by atoms with E-state index in [2.05, 4.69) is 5.32 Å². The van der Waals surface area contributed by atoms with Crippen LogP contribution in [0.15, 0.2) is 54.6 Å². The Morgan fingerprint density at radius 3 is 2.60 bits per heavy atom. The van der Waals surface area contributed by atoms with E-state index in [1.807, 2.05) is 0 Å². The van der Waals surface area contributed by atoms with Crippen LogP contribution >= 0.6 is 0 Å². The standard InChI is InChI=1S/C16H14FNO2/c17-14-3-1-2-12(10-14)6-9-16(20)18-15-7-4-13(11-19)5-8-15/h1-10,19H,11H2,(H,18,20). The zero-order valence-electron chi connectivity index (χ0n) is 10.7. The van der Waals surface area contributed by atoms with Crippen LogP contribution < -0.4 is 5.32 Å². The maximum atomic E-state index is 13.0. The summed E-state index contributed by atoms with van der Waals surface area (Å²) < 4.78 is 13.0. The first-order valence-corrected chi connectivity index (χ1v) is 6.12. The Morgan fingerprint density at radius 2 is 1.95 bits per heavy atom. The molecule has 2 rings (SSSR count). The summed E-state index contributed by atoms with van der Waals surface area (Å²) in [5, 5.41) is 11.6. The molecule has 0 fully saturated rings. The predicted octanol–water partition coefficient (Wildman–Crippen LogP) is 2.97. The predicted molar refractivity (Wildman–Crippen MR) is 76.4 cm³/mol. The third-order valence-electron chi connectivity index (χ3n) is 2.68. The maximum absolute atomic E-state index is 13.0. The van der Waals surface area contributed by atoms with Crippen LogP contribution in [0.5, 0.6) is 0 Å². The smallest absolute Gasteiger partial charge is 0.248 e. The van der Waals surface area contributed by atoms with E-state index in [0.29, 0.717) is 11.3 Å². The quantitative estimate of drug-likeness (QED) is 0.840. The second-order valence-corrected chi connectivity index (χ2v) is 4.23. The lowest BCUT2D eigenvalue weighted by Crippen LogP contribution is -2.07. The van der Waals surface area contributed by atoms with Crippen molar-refractivity contribution in [3.05, 3.63) is 71.6 Å². The SMILES string of the molecule is O=C(C=Cc1cccc(F)c1)Nc1ccc(CO)cc1. The van der Waals surface area contributed by atoms with Crippen molar-refractivity contribution in [1.29, 1.82) is 0 Å². The number of hydrogen-bond donors (Lipinski definition) is 2. The van der Waals surface area contributed by atoms with E-state index >= 15 is 0 Å². The highest BCUT2D eigenvalue weighted by molar-refractivity contribution is 6.01. The topological polar surface area (TPSA) is 49.3 Å². The number of aliphatic hydroxyl groups is 1. The minimum atomic E-state index is -0.341. The van der Waals surface area contributed by atoms with Gasteiger partial charge in [0.2, 0.25) is 5.91 Å². The molecular weight excluding hydrogens is 257 g/mol. The van der Waals surface area contributed by atoms with E-state index in [0.717, 1.165) is 5.56 Å². The first kappa shape index (κ1) is 14.0. The Labute approximate surface area is 116 Å². The van der Waals surface area contributed by atoms with Crippen LogP contribution in [0.1, 0.15) is 11.1 Å². The van der Waals surface area contributed by atoms with E-state index in [1.165, 1.54) is 18.2 Å². The Balaban J connectivity index is 1.98. The minimum absolute atomic E-state index is 0.0340. The van der Waals surface area contributed by atoms with Crippen molar-refractivity contribution in [1.82, 2.24) is 0 Å². The van der Waals surface area contributed by atoms with Crippen molar-refractivity contribution < 1.29 is 14.3 Å². The van der Waals surface area contributed by atoms with Gasteiger partial charge in [0, 0.05) is 11.8 Å². The molecule has 102 valence electrons. The summed E-state index contributed by atoms with van der Waals surface area (Å²) in [6.45, 7) is -0.0340. The number of nitrogens with one attached hydrogen (secondary N) is 1. The highest BCUT2D eigenvalue weighted by atomic mass is 19.1. The minimum Gasteiger partial charge on any atom is -0.392 e. The zero-order valence-corrected chi connectivity index (χ0v) is 10.7. The van der Waals surface area contributed by atoms with Crippen LogP contribution in [0.2, 0.25) is 0 Å². The molecule has 0 bridgehead atoms. The average Bonchev–Trinajstić information content (AvgIpc) is 2.46. The average molecular weight is 271 g/mol. The van der Waals surface area contributed by atoms with E-state index < -0.39 is 0 Å². The summed E-state index contributed by atoms with van der Waals surface area (Å²) in [6, 6.07) is 12.9. The summed E-state index contributed by atoms with van der Waals surface area (Å²) in [5.41, 5.74) is 2.03. The maximum Gasteiger partial charge on any atom is 0.248 e. The summed E-state index contributed by atoms with van der Waals surface area (Å²) in [5.74, 6) is -0.641. The monoisotopic (exact) mass is 271 g/mol. The van der Waals surface area contributed by atoms with Crippen molar-refractivity contribution in [2.45, 2.75) is 6.61 Å². The van der Waals surface area contributed by atoms with Crippen LogP contribution in [0.25, 0.3) is 6.08 Å². The van der Waals surface area contributed by atoms with Gasteiger partial charge in [0.05, 0.1) is 6.61 Å². The number of carbonyl (C=O) groups is 1. The first-order valence-electron chi connectivity index (χ1n) is 6.12. The molecule has 2 aromatic rings. The van der Waals surface area contributed by atoms with Gasteiger partial charge in [-0.1, -0.05) is 24.3 Å². The van der Waals surface area contributed by atoms with Gasteiger partial charge in [0.1, 0.15) is 5.82 Å². The molecular formula is C16H14FNO2. The summed E-state index contributed by atoms with van der Waals surface area (Å²) in [7, 11) is 0. The molecule has 20 heavy (non-hydrogen) atoms. The first-order chi connectivity index (χ1) is 9.67. The van der Waals surface area contributed by atoms with Crippen molar-refractivity contribution in [3.8, 4) is 0 Å². The van der Waals surface area contributed by atoms with Gasteiger partial charge in [0.25, 0.3) is 0 Å². The van der Waals surface area contributed by atoms with Crippen LogP contribution in [0, 0.1) is 5.82 Å². The molecule has 0 saturated carbocycles. The molecule has 2 aromatic carbocycles. The molecule has 0 unspecified atom stereocenters. The fourth-order valence-electron chi connectivity index (χ4n) is 1.66. The molecule has 0 aliphatic carbocycles. The molecule has 0 spiro atoms. The van der Waals surface area contributed by atoms with Crippen molar-refractivity contribution in [3.63, 3.8) is 0 Å². The number of aliphatic hydroxyl groups excluding tert-OH is 1. The Kier molecular flexibility index (Phi) is 4.63. The van der Waals surface area contributed by atoms with Crippen LogP contribution in [-0.2, 0) is 11.4 Å². The lowest BCUT2D eigenvalue weighted by Gasteiger charge is -2.03. The molecule has 2 N–H and O–H groups in total. The number of hydrogen-bond acceptors (Lipinski definition) is 2. The lowest BCUT2D eigenvalue weighted by atomic mass is 10.2. The second kappa shape index (κ2) is 6.63. The zero-order chi connectivity index (χ0) is 14.4. The Bertz CT molecular complexity index is 621. The van der Waals surface area contributed by atoms with Crippen LogP contribution in [0.3, 0.4) is 0 Å². The van der Waals surface area contributed by atoms with Gasteiger partial charge in [-0.25, -0.2) is 4.39 Å². The van der Waals surface area contributed by atoms with E-state index in [9.17, 15) is 9.18 Å². The summed E-state index contributed by atoms with van der Waals surface area (Å²) in [6.07, 6.45) is 2.88. The van der Waals surface area contributed by atoms with Crippen molar-refractivity contribution in [2.75, 3.05) is 5.32 Å². The molecule has 1 amide bonds. The number of amides is 1. The van der Waals surface area contributed by atoms with E-state index in [1.54, 1.807) is 42.5 Å². The van der Waals surface area contributed by atoms with Crippen LogP contribution in [-0.4, -0.2) is 11.0 Å². The second-order valence-electron chi connectivity index (χ2n) is 4.23. The van der Waals surface area contributed by atoms with Gasteiger partial charge in [0.15, 0.2) is 0 Å². The van der Waals surface area contributed by atoms with Gasteiger partial charge >= 0.3 is 0 Å². The lowest BCUT2D eigenvalue weighted by molar-refractivity contribution is -0.111. The fraction of sp³-hybridized carbons (Fsp3) is 0.0625. The van der Waals surface area contributed by atoms with Gasteiger partial charge in [-0.15, -0.1) is 0 Å².